The molecule has 0 fully saturated rings. The van der Waals surface area contributed by atoms with Crippen molar-refractivity contribution in [2.75, 3.05) is 27.2 Å². The third kappa shape index (κ3) is 7.44. The third-order valence-electron chi connectivity index (χ3n) is 5.24. The van der Waals surface area contributed by atoms with E-state index in [4.69, 9.17) is 16.3 Å². The predicted octanol–water partition coefficient (Wildman–Crippen LogP) is 3.16. The fourth-order valence-electron chi connectivity index (χ4n) is 3.12. The average molecular weight is 510 g/mol. The Kier molecular flexibility index (Phi) is 9.90. The fraction of sp³-hybridized carbons (Fsp3) is 0.417. The molecular weight excluding hydrogens is 478 g/mol. The summed E-state index contributed by atoms with van der Waals surface area (Å²) in [5.74, 6) is 0.109. The van der Waals surface area contributed by atoms with Crippen molar-refractivity contribution in [3.05, 3.63) is 59.1 Å². The van der Waals surface area contributed by atoms with Crippen LogP contribution < -0.4 is 10.1 Å². The lowest BCUT2D eigenvalue weighted by atomic mass is 10.1. The van der Waals surface area contributed by atoms with Gasteiger partial charge in [0.25, 0.3) is 0 Å². The molecule has 0 saturated heterocycles. The molecule has 0 spiro atoms. The van der Waals surface area contributed by atoms with E-state index in [2.05, 4.69) is 5.32 Å². The summed E-state index contributed by atoms with van der Waals surface area (Å²) in [4.78, 5) is 27.4. The molecule has 0 aliphatic heterocycles. The molecule has 1 unspecified atom stereocenters. The Bertz CT molecular complexity index is 1070. The van der Waals surface area contributed by atoms with Crippen LogP contribution in [0.25, 0.3) is 0 Å². The summed E-state index contributed by atoms with van der Waals surface area (Å²) in [5.41, 5.74) is 0.779. The maximum absolute atomic E-state index is 13.3. The molecule has 0 radical (unpaired) electrons. The van der Waals surface area contributed by atoms with Crippen LogP contribution in [0.3, 0.4) is 0 Å². The number of nitrogens with zero attached hydrogens (tertiary/aromatic N) is 2. The van der Waals surface area contributed by atoms with Crippen molar-refractivity contribution in [3.8, 4) is 5.75 Å². The number of likely N-dealkylation sites (N-methyl/N-ethyl adjacent to an activating group) is 1. The number of methoxy groups -OCH3 is 1. The van der Waals surface area contributed by atoms with Gasteiger partial charge < -0.3 is 15.0 Å². The fourth-order valence-corrected chi connectivity index (χ4v) is 4.36. The Morgan fingerprint density at radius 3 is 2.15 bits per heavy atom. The molecule has 0 aromatic heterocycles. The van der Waals surface area contributed by atoms with Gasteiger partial charge in [-0.1, -0.05) is 37.6 Å². The standard InChI is InChI=1S/C24H32ClN3O5S/c1-17(2)14-26-24(30)18(3)28(15-19-6-10-21(33-5)11-7-19)23(29)16-27(4)34(31,32)22-12-8-20(25)9-13-22/h6-13,17-18H,14-16H2,1-5H3,(H,26,30). The Balaban J connectivity index is 2.25. The monoisotopic (exact) mass is 509 g/mol. The van der Waals surface area contributed by atoms with Crippen LogP contribution in [0.5, 0.6) is 5.75 Å². The van der Waals surface area contributed by atoms with Crippen molar-refractivity contribution in [2.45, 2.75) is 38.3 Å². The largest absolute Gasteiger partial charge is 0.497 e. The van der Waals surface area contributed by atoms with Gasteiger partial charge in [0, 0.05) is 25.2 Å². The van der Waals surface area contributed by atoms with E-state index in [9.17, 15) is 18.0 Å². The van der Waals surface area contributed by atoms with Crippen molar-refractivity contribution in [1.29, 1.82) is 0 Å². The Labute approximate surface area is 206 Å². The number of carbonyl (C=O) groups is 2. The zero-order valence-corrected chi connectivity index (χ0v) is 21.7. The minimum Gasteiger partial charge on any atom is -0.497 e. The zero-order valence-electron chi connectivity index (χ0n) is 20.1. The number of nitrogens with one attached hydrogen (secondary N) is 1. The second-order valence-corrected chi connectivity index (χ2v) is 10.9. The molecule has 1 atom stereocenters. The van der Waals surface area contributed by atoms with Crippen LogP contribution in [-0.2, 0) is 26.2 Å². The summed E-state index contributed by atoms with van der Waals surface area (Å²) in [6.45, 7) is 5.75. The second kappa shape index (κ2) is 12.2. The molecular formula is C24H32ClN3O5S. The van der Waals surface area contributed by atoms with E-state index in [0.717, 1.165) is 9.87 Å². The summed E-state index contributed by atoms with van der Waals surface area (Å²) in [7, 11) is -1.03. The zero-order chi connectivity index (χ0) is 25.5. The molecule has 8 nitrogen and oxygen atoms in total. The minimum atomic E-state index is -3.92. The Morgan fingerprint density at radius 2 is 1.62 bits per heavy atom. The Morgan fingerprint density at radius 1 is 1.03 bits per heavy atom. The van der Waals surface area contributed by atoms with E-state index in [1.54, 1.807) is 38.3 Å². The molecule has 34 heavy (non-hydrogen) atoms. The topological polar surface area (TPSA) is 96.0 Å². The van der Waals surface area contributed by atoms with Gasteiger partial charge in [-0.3, -0.25) is 9.59 Å². The van der Waals surface area contributed by atoms with Gasteiger partial charge in [-0.25, -0.2) is 8.42 Å². The highest BCUT2D eigenvalue weighted by Crippen LogP contribution is 2.19. The molecule has 2 aromatic carbocycles. The van der Waals surface area contributed by atoms with Crippen LogP contribution in [0.2, 0.25) is 5.02 Å². The van der Waals surface area contributed by atoms with Gasteiger partial charge in [0.1, 0.15) is 11.8 Å². The molecule has 0 bridgehead atoms. The van der Waals surface area contributed by atoms with Gasteiger partial charge in [-0.05, 0) is 54.8 Å². The first-order chi connectivity index (χ1) is 15.9. The number of benzene rings is 2. The summed E-state index contributed by atoms with van der Waals surface area (Å²) >= 11 is 5.86. The molecule has 2 aromatic rings. The second-order valence-electron chi connectivity index (χ2n) is 8.40. The van der Waals surface area contributed by atoms with Crippen molar-refractivity contribution >= 4 is 33.4 Å². The molecule has 10 heteroatoms. The van der Waals surface area contributed by atoms with Crippen molar-refractivity contribution in [2.24, 2.45) is 5.92 Å². The number of ether oxygens (including phenoxy) is 1. The van der Waals surface area contributed by atoms with E-state index in [1.165, 1.54) is 36.2 Å². The summed E-state index contributed by atoms with van der Waals surface area (Å²) < 4.78 is 32.0. The van der Waals surface area contributed by atoms with Crippen LogP contribution in [0.4, 0.5) is 0 Å². The first-order valence-corrected chi connectivity index (χ1v) is 12.7. The highest BCUT2D eigenvalue weighted by Gasteiger charge is 2.30. The maximum Gasteiger partial charge on any atom is 0.243 e. The number of hydrogen-bond acceptors (Lipinski definition) is 5. The normalized spacial score (nSPS) is 12.5. The summed E-state index contributed by atoms with van der Waals surface area (Å²) in [6.07, 6.45) is 0. The van der Waals surface area contributed by atoms with Crippen LogP contribution in [0.1, 0.15) is 26.3 Å². The lowest BCUT2D eigenvalue weighted by Crippen LogP contribution is -2.51. The van der Waals surface area contributed by atoms with Crippen molar-refractivity contribution in [1.82, 2.24) is 14.5 Å². The van der Waals surface area contributed by atoms with Gasteiger partial charge in [-0.15, -0.1) is 0 Å². The van der Waals surface area contributed by atoms with E-state index in [0.29, 0.717) is 17.3 Å². The number of amides is 2. The lowest BCUT2D eigenvalue weighted by Gasteiger charge is -2.30. The number of halogens is 1. The van der Waals surface area contributed by atoms with E-state index in [-0.39, 0.29) is 23.3 Å². The van der Waals surface area contributed by atoms with Crippen LogP contribution in [-0.4, -0.2) is 62.7 Å². The van der Waals surface area contributed by atoms with Crippen LogP contribution in [0, 0.1) is 5.92 Å². The minimum absolute atomic E-state index is 0.0247. The molecule has 0 aliphatic rings. The van der Waals surface area contributed by atoms with Gasteiger partial charge in [0.15, 0.2) is 0 Å². The maximum atomic E-state index is 13.3. The summed E-state index contributed by atoms with van der Waals surface area (Å²) in [5, 5.41) is 3.25. The van der Waals surface area contributed by atoms with Crippen LogP contribution >= 0.6 is 11.6 Å². The summed E-state index contributed by atoms with van der Waals surface area (Å²) in [6, 6.07) is 12.0. The van der Waals surface area contributed by atoms with Crippen LogP contribution in [0.15, 0.2) is 53.4 Å². The average Bonchev–Trinajstić information content (AvgIpc) is 2.81. The quantitative estimate of drug-likeness (QED) is 0.502. The smallest absolute Gasteiger partial charge is 0.243 e. The molecule has 1 N–H and O–H groups in total. The van der Waals surface area contributed by atoms with Gasteiger partial charge >= 0.3 is 0 Å². The number of carbonyl (C=O) groups excluding carboxylic acids is 2. The van der Waals surface area contributed by atoms with Gasteiger partial charge in [-0.2, -0.15) is 4.31 Å². The van der Waals surface area contributed by atoms with Gasteiger partial charge in [0.05, 0.1) is 18.6 Å². The molecule has 2 rings (SSSR count). The predicted molar refractivity (Wildman–Crippen MR) is 132 cm³/mol. The molecule has 0 heterocycles. The van der Waals surface area contributed by atoms with Crippen molar-refractivity contribution in [3.63, 3.8) is 0 Å². The first-order valence-electron chi connectivity index (χ1n) is 10.9. The highest BCUT2D eigenvalue weighted by molar-refractivity contribution is 7.89. The number of sulfonamides is 1. The third-order valence-corrected chi connectivity index (χ3v) is 7.31. The lowest BCUT2D eigenvalue weighted by molar-refractivity contribution is -0.140. The highest BCUT2D eigenvalue weighted by atomic mass is 35.5. The molecule has 186 valence electrons. The number of rotatable bonds is 11. The molecule has 0 aliphatic carbocycles. The van der Waals surface area contributed by atoms with E-state index < -0.39 is 28.5 Å². The van der Waals surface area contributed by atoms with Crippen molar-refractivity contribution < 1.29 is 22.7 Å². The van der Waals surface area contributed by atoms with E-state index in [1.807, 2.05) is 13.8 Å². The Hall–Kier alpha value is -2.62. The molecule has 0 saturated carbocycles. The first kappa shape index (κ1) is 27.6. The number of hydrogen-bond donors (Lipinski definition) is 1. The van der Waals surface area contributed by atoms with E-state index >= 15 is 0 Å². The van der Waals surface area contributed by atoms with Gasteiger partial charge in [0.2, 0.25) is 21.8 Å². The SMILES string of the molecule is COc1ccc(CN(C(=O)CN(C)S(=O)(=O)c2ccc(Cl)cc2)C(C)C(=O)NCC(C)C)cc1. The molecule has 2 amide bonds.